The Morgan fingerprint density at radius 2 is 2.15 bits per heavy atom. The van der Waals surface area contributed by atoms with Crippen LogP contribution in [-0.4, -0.2) is 14.9 Å². The topological polar surface area (TPSA) is 81.0 Å². The van der Waals surface area contributed by atoms with Crippen LogP contribution in [-0.2, 0) is 6.54 Å². The van der Waals surface area contributed by atoms with E-state index in [2.05, 4.69) is 15.3 Å². The Kier molecular flexibility index (Phi) is 4.14. The smallest absolute Gasteiger partial charge is 0.272 e. The number of nitrogens with zero attached hydrogens (tertiary/aromatic N) is 3. The molecule has 0 aliphatic carbocycles. The molecule has 1 aromatic heterocycles. The van der Waals surface area contributed by atoms with Gasteiger partial charge in [-0.1, -0.05) is 12.1 Å². The first-order chi connectivity index (χ1) is 9.49. The number of nitro benzene ring substituents is 1. The van der Waals surface area contributed by atoms with Gasteiger partial charge in [0.25, 0.3) is 5.69 Å². The van der Waals surface area contributed by atoms with Crippen molar-refractivity contribution in [1.82, 2.24) is 9.97 Å². The summed E-state index contributed by atoms with van der Waals surface area (Å²) < 4.78 is 0. The molecule has 1 N–H and O–H groups in total. The highest BCUT2D eigenvalue weighted by Gasteiger charge is 2.13. The quantitative estimate of drug-likeness (QED) is 0.531. The number of hydrogen-bond acceptors (Lipinski definition) is 5. The van der Waals surface area contributed by atoms with E-state index in [9.17, 15) is 10.1 Å². The van der Waals surface area contributed by atoms with Crippen LogP contribution in [0.5, 0.6) is 0 Å². The van der Waals surface area contributed by atoms with Gasteiger partial charge in [0.05, 0.1) is 4.92 Å². The van der Waals surface area contributed by atoms with E-state index in [-0.39, 0.29) is 15.9 Å². The van der Waals surface area contributed by atoms with Crippen LogP contribution in [0.15, 0.2) is 24.4 Å². The van der Waals surface area contributed by atoms with Crippen molar-refractivity contribution in [1.29, 1.82) is 0 Å². The van der Waals surface area contributed by atoms with Crippen LogP contribution in [0.4, 0.5) is 11.5 Å². The molecule has 0 atom stereocenters. The molecule has 6 nitrogen and oxygen atoms in total. The molecule has 0 radical (unpaired) electrons. The molecule has 2 aromatic rings. The van der Waals surface area contributed by atoms with E-state index in [1.807, 2.05) is 13.0 Å². The number of rotatable bonds is 4. The van der Waals surface area contributed by atoms with Crippen LogP contribution in [0.25, 0.3) is 0 Å². The number of aryl methyl sites for hydroxylation is 1. The second kappa shape index (κ2) is 5.83. The number of hydrogen-bond donors (Lipinski definition) is 1. The fourth-order valence-electron chi connectivity index (χ4n) is 1.84. The highest BCUT2D eigenvalue weighted by Crippen LogP contribution is 2.22. The zero-order valence-corrected chi connectivity index (χ0v) is 11.8. The van der Waals surface area contributed by atoms with Crippen LogP contribution in [0.1, 0.15) is 16.7 Å². The van der Waals surface area contributed by atoms with Gasteiger partial charge in [-0.15, -0.1) is 0 Å². The van der Waals surface area contributed by atoms with Crippen molar-refractivity contribution in [2.75, 3.05) is 5.32 Å². The summed E-state index contributed by atoms with van der Waals surface area (Å²) in [6.07, 6.45) is 1.62. The van der Waals surface area contributed by atoms with Gasteiger partial charge in [-0.3, -0.25) is 10.1 Å². The molecule has 0 amide bonds. The minimum absolute atomic E-state index is 0.113. The van der Waals surface area contributed by atoms with E-state index in [0.717, 1.165) is 11.1 Å². The lowest BCUT2D eigenvalue weighted by molar-refractivity contribution is -0.385. The molecule has 1 heterocycles. The second-order valence-corrected chi connectivity index (χ2v) is 4.68. The number of benzene rings is 1. The Bertz CT molecular complexity index is 661. The van der Waals surface area contributed by atoms with Crippen LogP contribution in [0.3, 0.4) is 0 Å². The molecule has 2 rings (SSSR count). The molecular weight excluding hydrogens is 280 g/mol. The first-order valence-electron chi connectivity index (χ1n) is 5.95. The third-order valence-electron chi connectivity index (χ3n) is 3.00. The highest BCUT2D eigenvalue weighted by atomic mass is 35.5. The average molecular weight is 293 g/mol. The van der Waals surface area contributed by atoms with Crippen molar-refractivity contribution in [3.8, 4) is 0 Å². The van der Waals surface area contributed by atoms with Gasteiger partial charge in [-0.05, 0) is 31.0 Å². The number of halogens is 1. The van der Waals surface area contributed by atoms with Crippen molar-refractivity contribution in [2.45, 2.75) is 20.4 Å². The largest absolute Gasteiger partial charge is 0.366 e. The lowest BCUT2D eigenvalue weighted by Gasteiger charge is -2.10. The predicted molar refractivity (Wildman–Crippen MR) is 76.9 cm³/mol. The molecule has 0 fully saturated rings. The Morgan fingerprint density at radius 1 is 1.40 bits per heavy atom. The van der Waals surface area contributed by atoms with Crippen LogP contribution in [0, 0.1) is 24.0 Å². The number of nitro groups is 1. The van der Waals surface area contributed by atoms with Gasteiger partial charge in [0.15, 0.2) is 0 Å². The Morgan fingerprint density at radius 3 is 2.85 bits per heavy atom. The number of nitrogens with one attached hydrogen (secondary N) is 1. The Hall–Kier alpha value is -2.21. The lowest BCUT2D eigenvalue weighted by atomic mass is 10.1. The maximum Gasteiger partial charge on any atom is 0.272 e. The van der Waals surface area contributed by atoms with Crippen molar-refractivity contribution >= 4 is 23.1 Å². The summed E-state index contributed by atoms with van der Waals surface area (Å²) in [4.78, 5) is 18.5. The summed E-state index contributed by atoms with van der Waals surface area (Å²) in [5.74, 6) is 0.621. The zero-order valence-electron chi connectivity index (χ0n) is 11.1. The Balaban J connectivity index is 2.21. The van der Waals surface area contributed by atoms with Crippen LogP contribution in [0.2, 0.25) is 5.28 Å². The van der Waals surface area contributed by atoms with Crippen molar-refractivity contribution in [3.05, 3.63) is 56.5 Å². The van der Waals surface area contributed by atoms with E-state index in [1.165, 1.54) is 6.07 Å². The van der Waals surface area contributed by atoms with Gasteiger partial charge in [0, 0.05) is 29.9 Å². The summed E-state index contributed by atoms with van der Waals surface area (Å²) in [5, 5.41) is 14.2. The van der Waals surface area contributed by atoms with Crippen molar-refractivity contribution < 1.29 is 4.92 Å². The molecule has 7 heteroatoms. The number of anilines is 1. The van der Waals surface area contributed by atoms with E-state index in [4.69, 9.17) is 11.6 Å². The third kappa shape index (κ3) is 3.03. The van der Waals surface area contributed by atoms with E-state index in [0.29, 0.717) is 17.9 Å². The molecular formula is C13H13ClN4O2. The maximum atomic E-state index is 10.9. The van der Waals surface area contributed by atoms with E-state index in [1.54, 1.807) is 19.2 Å². The monoisotopic (exact) mass is 292 g/mol. The first-order valence-corrected chi connectivity index (χ1v) is 6.32. The molecule has 104 valence electrons. The Labute approximate surface area is 121 Å². The third-order valence-corrected chi connectivity index (χ3v) is 3.18. The van der Waals surface area contributed by atoms with Crippen molar-refractivity contribution in [2.24, 2.45) is 0 Å². The fraction of sp³-hybridized carbons (Fsp3) is 0.231. The molecule has 0 aliphatic rings. The average Bonchev–Trinajstić information content (AvgIpc) is 2.41. The molecule has 0 unspecified atom stereocenters. The lowest BCUT2D eigenvalue weighted by Crippen LogP contribution is -2.06. The van der Waals surface area contributed by atoms with E-state index < -0.39 is 0 Å². The zero-order chi connectivity index (χ0) is 14.7. The molecule has 0 bridgehead atoms. The SMILES string of the molecule is Cc1cnc(Cl)nc1NCc1cccc([N+](=O)[O-])c1C. The van der Waals surface area contributed by atoms with Crippen LogP contribution < -0.4 is 5.32 Å². The molecule has 0 aliphatic heterocycles. The fourth-order valence-corrected chi connectivity index (χ4v) is 1.97. The summed E-state index contributed by atoms with van der Waals surface area (Å²) in [6, 6.07) is 5.00. The summed E-state index contributed by atoms with van der Waals surface area (Å²) >= 11 is 5.75. The number of aromatic nitrogens is 2. The van der Waals surface area contributed by atoms with Gasteiger partial charge in [-0.2, -0.15) is 0 Å². The molecule has 0 saturated carbocycles. The summed E-state index contributed by atoms with van der Waals surface area (Å²) in [7, 11) is 0. The minimum atomic E-state index is -0.383. The minimum Gasteiger partial charge on any atom is -0.366 e. The summed E-state index contributed by atoms with van der Waals surface area (Å²) in [5.41, 5.74) is 2.45. The molecule has 0 spiro atoms. The van der Waals surface area contributed by atoms with Gasteiger partial charge in [0.1, 0.15) is 5.82 Å². The highest BCUT2D eigenvalue weighted by molar-refractivity contribution is 6.28. The summed E-state index contributed by atoms with van der Waals surface area (Å²) in [6.45, 7) is 4.02. The molecule has 20 heavy (non-hydrogen) atoms. The van der Waals surface area contributed by atoms with Crippen LogP contribution >= 0.6 is 11.6 Å². The first kappa shape index (κ1) is 14.2. The predicted octanol–water partition coefficient (Wildman–Crippen LogP) is 3.27. The molecule has 1 aromatic carbocycles. The maximum absolute atomic E-state index is 10.9. The van der Waals surface area contributed by atoms with Crippen molar-refractivity contribution in [3.63, 3.8) is 0 Å². The van der Waals surface area contributed by atoms with E-state index >= 15 is 0 Å². The van der Waals surface area contributed by atoms with Gasteiger partial charge in [0.2, 0.25) is 5.28 Å². The second-order valence-electron chi connectivity index (χ2n) is 4.34. The standard InChI is InChI=1S/C13H13ClN4O2/c1-8-6-16-13(14)17-12(8)15-7-10-4-3-5-11(9(10)2)18(19)20/h3-6H,7H2,1-2H3,(H,15,16,17). The molecule has 0 saturated heterocycles. The van der Waals surface area contributed by atoms with Gasteiger partial charge >= 0.3 is 0 Å². The normalized spacial score (nSPS) is 10.3. The van der Waals surface area contributed by atoms with Gasteiger partial charge in [-0.25, -0.2) is 9.97 Å². The van der Waals surface area contributed by atoms with Gasteiger partial charge < -0.3 is 5.32 Å².